The van der Waals surface area contributed by atoms with E-state index in [1.165, 1.54) is 6.33 Å². The van der Waals surface area contributed by atoms with Gasteiger partial charge in [-0.05, 0) is 17.2 Å². The number of aliphatic hydroxyl groups is 1. The molecular formula is C17H17N3O3. The van der Waals surface area contributed by atoms with Gasteiger partial charge in [0.25, 0.3) is 0 Å². The molecule has 1 aliphatic heterocycles. The van der Waals surface area contributed by atoms with Crippen LogP contribution in [0.2, 0.25) is 0 Å². The standard InChI is InChI=1S/C17H17N3O3/c21-10-17(23)14-2-1-13-4-16(22)9-20(8-15(13)3-14)7-12-5-18-11-19-6-12/h1-3,5-6,11,21H,4,7-10H2. The van der Waals surface area contributed by atoms with Crippen LogP contribution in [0.3, 0.4) is 0 Å². The lowest BCUT2D eigenvalue weighted by molar-refractivity contribution is -0.119. The molecule has 1 aliphatic rings. The summed E-state index contributed by atoms with van der Waals surface area (Å²) in [5.74, 6) is -0.173. The van der Waals surface area contributed by atoms with E-state index in [0.29, 0.717) is 31.6 Å². The fourth-order valence-corrected chi connectivity index (χ4v) is 2.81. The van der Waals surface area contributed by atoms with Gasteiger partial charge in [0.2, 0.25) is 0 Å². The Hall–Kier alpha value is -2.44. The lowest BCUT2D eigenvalue weighted by Crippen LogP contribution is -2.27. The summed E-state index contributed by atoms with van der Waals surface area (Å²) in [5.41, 5.74) is 3.30. The molecule has 1 aromatic carbocycles. The third-order valence-corrected chi connectivity index (χ3v) is 3.87. The van der Waals surface area contributed by atoms with Gasteiger partial charge >= 0.3 is 0 Å². The molecule has 0 unspecified atom stereocenters. The van der Waals surface area contributed by atoms with E-state index in [1.807, 2.05) is 11.0 Å². The summed E-state index contributed by atoms with van der Waals surface area (Å²) < 4.78 is 0. The molecule has 3 rings (SSSR count). The molecule has 0 amide bonds. The highest BCUT2D eigenvalue weighted by atomic mass is 16.3. The number of rotatable bonds is 4. The molecule has 0 spiro atoms. The van der Waals surface area contributed by atoms with Gasteiger partial charge in [-0.1, -0.05) is 12.1 Å². The zero-order valence-corrected chi connectivity index (χ0v) is 12.6. The van der Waals surface area contributed by atoms with Crippen LogP contribution in [0.25, 0.3) is 0 Å². The molecule has 0 fully saturated rings. The van der Waals surface area contributed by atoms with E-state index < -0.39 is 6.61 Å². The highest BCUT2D eigenvalue weighted by molar-refractivity contribution is 5.97. The van der Waals surface area contributed by atoms with Crippen molar-refractivity contribution in [1.82, 2.24) is 14.9 Å². The fourth-order valence-electron chi connectivity index (χ4n) is 2.81. The van der Waals surface area contributed by atoms with E-state index in [9.17, 15) is 9.59 Å². The first-order chi connectivity index (χ1) is 11.2. The Kier molecular flexibility index (Phi) is 4.55. The van der Waals surface area contributed by atoms with Gasteiger partial charge in [0.05, 0.1) is 6.54 Å². The second-order valence-electron chi connectivity index (χ2n) is 5.67. The molecule has 118 valence electrons. The highest BCUT2D eigenvalue weighted by Gasteiger charge is 2.21. The predicted molar refractivity (Wildman–Crippen MR) is 82.7 cm³/mol. The molecule has 0 saturated heterocycles. The van der Waals surface area contributed by atoms with Gasteiger partial charge < -0.3 is 5.11 Å². The Morgan fingerprint density at radius 2 is 1.96 bits per heavy atom. The van der Waals surface area contributed by atoms with Crippen molar-refractivity contribution in [2.24, 2.45) is 0 Å². The molecule has 2 aromatic rings. The molecule has 23 heavy (non-hydrogen) atoms. The van der Waals surface area contributed by atoms with Crippen molar-refractivity contribution in [2.75, 3.05) is 13.2 Å². The van der Waals surface area contributed by atoms with Crippen molar-refractivity contribution < 1.29 is 14.7 Å². The van der Waals surface area contributed by atoms with Gasteiger partial charge in [0.15, 0.2) is 11.6 Å². The second-order valence-corrected chi connectivity index (χ2v) is 5.67. The Labute approximate surface area is 133 Å². The van der Waals surface area contributed by atoms with Crippen LogP contribution in [0.1, 0.15) is 27.0 Å². The molecule has 1 N–H and O–H groups in total. The van der Waals surface area contributed by atoms with E-state index in [1.54, 1.807) is 24.5 Å². The molecular weight excluding hydrogens is 294 g/mol. The van der Waals surface area contributed by atoms with Crippen LogP contribution in [0.5, 0.6) is 0 Å². The third kappa shape index (κ3) is 3.67. The van der Waals surface area contributed by atoms with E-state index >= 15 is 0 Å². The summed E-state index contributed by atoms with van der Waals surface area (Å²) in [6.45, 7) is 0.988. The van der Waals surface area contributed by atoms with Crippen LogP contribution >= 0.6 is 0 Å². The summed E-state index contributed by atoms with van der Waals surface area (Å²) >= 11 is 0. The fraction of sp³-hybridized carbons (Fsp3) is 0.294. The van der Waals surface area contributed by atoms with Gasteiger partial charge in [-0.2, -0.15) is 0 Å². The van der Waals surface area contributed by atoms with E-state index in [4.69, 9.17) is 5.11 Å². The van der Waals surface area contributed by atoms with Crippen LogP contribution in [0.4, 0.5) is 0 Å². The molecule has 0 bridgehead atoms. The molecule has 2 heterocycles. The van der Waals surface area contributed by atoms with Crippen molar-refractivity contribution in [1.29, 1.82) is 0 Å². The number of aromatic nitrogens is 2. The number of hydrogen-bond acceptors (Lipinski definition) is 6. The maximum atomic E-state index is 12.1. The predicted octanol–water partition coefficient (Wildman–Crippen LogP) is 0.779. The number of carbonyl (C=O) groups is 2. The van der Waals surface area contributed by atoms with Crippen LogP contribution < -0.4 is 0 Å². The van der Waals surface area contributed by atoms with E-state index in [2.05, 4.69) is 9.97 Å². The molecule has 1 aromatic heterocycles. The second kappa shape index (κ2) is 6.76. The van der Waals surface area contributed by atoms with Crippen LogP contribution in [0.15, 0.2) is 36.9 Å². The number of hydrogen-bond donors (Lipinski definition) is 1. The molecule has 6 heteroatoms. The first-order valence-electron chi connectivity index (χ1n) is 7.39. The van der Waals surface area contributed by atoms with Crippen molar-refractivity contribution >= 4 is 11.6 Å². The number of benzene rings is 1. The lowest BCUT2D eigenvalue weighted by atomic mass is 9.99. The maximum absolute atomic E-state index is 12.1. The molecule has 0 atom stereocenters. The summed E-state index contributed by atoms with van der Waals surface area (Å²) in [7, 11) is 0. The Morgan fingerprint density at radius 3 is 2.70 bits per heavy atom. The zero-order chi connectivity index (χ0) is 16.2. The van der Waals surface area contributed by atoms with Crippen LogP contribution in [-0.2, 0) is 24.3 Å². The minimum absolute atomic E-state index is 0.141. The van der Waals surface area contributed by atoms with Crippen molar-refractivity contribution in [3.8, 4) is 0 Å². The van der Waals surface area contributed by atoms with Gasteiger partial charge in [0, 0.05) is 43.0 Å². The number of carbonyl (C=O) groups excluding carboxylic acids is 2. The Bertz CT molecular complexity index is 731. The monoisotopic (exact) mass is 311 g/mol. The number of nitrogens with zero attached hydrogens (tertiary/aromatic N) is 3. The highest BCUT2D eigenvalue weighted by Crippen LogP contribution is 2.20. The molecule has 0 aliphatic carbocycles. The number of fused-ring (bicyclic) bond motifs is 1. The van der Waals surface area contributed by atoms with Crippen molar-refractivity contribution in [2.45, 2.75) is 19.5 Å². The summed E-state index contributed by atoms with van der Waals surface area (Å²) in [6.07, 6.45) is 5.30. The first-order valence-corrected chi connectivity index (χ1v) is 7.39. The maximum Gasteiger partial charge on any atom is 0.188 e. The average molecular weight is 311 g/mol. The van der Waals surface area contributed by atoms with Gasteiger partial charge in [-0.3, -0.25) is 14.5 Å². The molecule has 0 saturated carbocycles. The number of ketones is 2. The molecule has 0 radical (unpaired) electrons. The first kappa shape index (κ1) is 15.5. The van der Waals surface area contributed by atoms with Crippen molar-refractivity contribution in [3.05, 3.63) is 59.2 Å². The van der Waals surface area contributed by atoms with E-state index in [-0.39, 0.29) is 11.6 Å². The largest absolute Gasteiger partial charge is 0.388 e. The Balaban J connectivity index is 1.86. The number of Topliss-reactive ketones (excluding diaryl/α,β-unsaturated/α-hetero) is 2. The van der Waals surface area contributed by atoms with E-state index in [0.717, 1.165) is 16.7 Å². The average Bonchev–Trinajstić information content (AvgIpc) is 2.71. The topological polar surface area (TPSA) is 83.4 Å². The van der Waals surface area contributed by atoms with Crippen LogP contribution in [0, 0.1) is 0 Å². The SMILES string of the molecule is O=C1Cc2ccc(C(=O)CO)cc2CN(Cc2cncnc2)C1. The minimum atomic E-state index is -0.511. The summed E-state index contributed by atoms with van der Waals surface area (Å²) in [4.78, 5) is 33.8. The van der Waals surface area contributed by atoms with Gasteiger partial charge in [-0.25, -0.2) is 9.97 Å². The zero-order valence-electron chi connectivity index (χ0n) is 12.6. The van der Waals surface area contributed by atoms with Crippen LogP contribution in [-0.4, -0.2) is 44.7 Å². The summed E-state index contributed by atoms with van der Waals surface area (Å²) in [6, 6.07) is 5.26. The lowest BCUT2D eigenvalue weighted by Gasteiger charge is -2.19. The minimum Gasteiger partial charge on any atom is -0.388 e. The van der Waals surface area contributed by atoms with Gasteiger partial charge in [-0.15, -0.1) is 0 Å². The molecule has 6 nitrogen and oxygen atoms in total. The normalized spacial score (nSPS) is 15.1. The number of aliphatic hydroxyl groups excluding tert-OH is 1. The smallest absolute Gasteiger partial charge is 0.188 e. The van der Waals surface area contributed by atoms with Gasteiger partial charge in [0.1, 0.15) is 12.9 Å². The summed E-state index contributed by atoms with van der Waals surface area (Å²) in [5, 5.41) is 9.01. The third-order valence-electron chi connectivity index (χ3n) is 3.87. The Morgan fingerprint density at radius 1 is 1.17 bits per heavy atom. The quantitative estimate of drug-likeness (QED) is 0.840. The van der Waals surface area contributed by atoms with Crippen molar-refractivity contribution in [3.63, 3.8) is 0 Å².